The van der Waals surface area contributed by atoms with E-state index in [0.717, 1.165) is 0 Å². The maximum Gasteiger partial charge on any atom is 1.00 e. The van der Waals surface area contributed by atoms with E-state index in [4.69, 9.17) is 15.1 Å². The molecule has 0 saturated carbocycles. The molecule has 0 aromatic heterocycles. The largest absolute Gasteiger partial charge is 1.00 e. The maximum atomic E-state index is 9.97. The Labute approximate surface area is 104 Å². The van der Waals surface area contributed by atoms with Gasteiger partial charge in [-0.25, -0.2) is 9.59 Å². The summed E-state index contributed by atoms with van der Waals surface area (Å²) in [7, 11) is -2.17. The molecule has 0 amide bonds. The van der Waals surface area contributed by atoms with Crippen LogP contribution in [-0.4, -0.2) is 34.3 Å². The van der Waals surface area contributed by atoms with Crippen molar-refractivity contribution in [3.63, 3.8) is 0 Å². The third-order valence-electron chi connectivity index (χ3n) is 0.307. The fraction of sp³-hybridized carbons (Fsp3) is 0. The van der Waals surface area contributed by atoms with E-state index >= 15 is 0 Å². The van der Waals surface area contributed by atoms with E-state index in [-0.39, 0.29) is 20.3 Å². The molecular formula is C2H4BBr2LiO7. The van der Waals surface area contributed by atoms with Gasteiger partial charge in [0.2, 0.25) is 0 Å². The van der Waals surface area contributed by atoms with Crippen LogP contribution < -0.4 is 18.9 Å². The molecule has 0 rings (SSSR count). The standard InChI is InChI=1S/C2Br2O4.BH3O3.Li.H/c3-7-1(5)2(6)8-4;2-1(3)4;;/h;2-4H;;/q;;+1;-1. The number of rotatable bonds is 0. The van der Waals surface area contributed by atoms with Crippen LogP contribution in [0, 0.1) is 0 Å². The van der Waals surface area contributed by atoms with Crippen molar-refractivity contribution in [3.05, 3.63) is 0 Å². The van der Waals surface area contributed by atoms with Crippen LogP contribution in [0.4, 0.5) is 0 Å². The fourth-order valence-corrected chi connectivity index (χ4v) is 0.327. The van der Waals surface area contributed by atoms with Gasteiger partial charge >= 0.3 is 38.1 Å². The number of carbonyl (C=O) groups excluding carboxylic acids is 2. The quantitative estimate of drug-likeness (QED) is 0.306. The second-order valence-corrected chi connectivity index (χ2v) is 1.72. The van der Waals surface area contributed by atoms with Crippen molar-refractivity contribution in [2.45, 2.75) is 0 Å². The van der Waals surface area contributed by atoms with Gasteiger partial charge < -0.3 is 24.2 Å². The molecule has 0 aromatic carbocycles. The van der Waals surface area contributed by atoms with Crippen molar-refractivity contribution in [2.24, 2.45) is 0 Å². The van der Waals surface area contributed by atoms with Gasteiger partial charge in [0.25, 0.3) is 0 Å². The monoisotopic (exact) mass is 316 g/mol. The second-order valence-electron chi connectivity index (χ2n) is 1.08. The fourth-order valence-electron chi connectivity index (χ4n) is 0.0630. The first-order chi connectivity index (χ1) is 5.45. The molecule has 0 spiro atoms. The average Bonchev–Trinajstić information content (AvgIpc) is 2.00. The third kappa shape index (κ3) is 19.0. The maximum absolute atomic E-state index is 9.97. The summed E-state index contributed by atoms with van der Waals surface area (Å²) >= 11 is 4.57. The minimum atomic E-state index is -2.17. The number of halogens is 2. The summed E-state index contributed by atoms with van der Waals surface area (Å²) in [5.74, 6) is -2.22. The van der Waals surface area contributed by atoms with E-state index < -0.39 is 19.3 Å². The normalized spacial score (nSPS) is 6.85. The Balaban J connectivity index is -0.0000000733. The summed E-state index contributed by atoms with van der Waals surface area (Å²) in [6.45, 7) is 0. The van der Waals surface area contributed by atoms with Crippen LogP contribution in [-0.2, 0) is 17.2 Å². The van der Waals surface area contributed by atoms with Gasteiger partial charge in [-0.15, -0.1) is 0 Å². The van der Waals surface area contributed by atoms with Gasteiger partial charge in [0.1, 0.15) is 0 Å². The van der Waals surface area contributed by atoms with E-state index in [2.05, 4.69) is 40.2 Å². The molecule has 0 bridgehead atoms. The Bertz CT molecular complexity index is 142. The number of hydrogen-bond acceptors (Lipinski definition) is 7. The molecule has 0 unspecified atom stereocenters. The average molecular weight is 318 g/mol. The molecule has 0 aromatic rings. The summed E-state index contributed by atoms with van der Waals surface area (Å²) in [5, 5.41) is 21.5. The molecule has 0 atom stereocenters. The van der Waals surface area contributed by atoms with Crippen molar-refractivity contribution in [3.8, 4) is 0 Å². The predicted molar refractivity (Wildman–Crippen MR) is 43.6 cm³/mol. The van der Waals surface area contributed by atoms with Crippen LogP contribution in [0.3, 0.4) is 0 Å². The summed E-state index contributed by atoms with van der Waals surface area (Å²) in [4.78, 5) is 19.9. The van der Waals surface area contributed by atoms with Crippen LogP contribution in [0.1, 0.15) is 1.43 Å². The third-order valence-corrected chi connectivity index (χ3v) is 0.895. The number of carbonyl (C=O) groups is 2. The molecule has 0 aliphatic rings. The summed E-state index contributed by atoms with van der Waals surface area (Å²) in [6.07, 6.45) is 0. The Morgan fingerprint density at radius 2 is 1.23 bits per heavy atom. The molecule has 11 heteroatoms. The van der Waals surface area contributed by atoms with E-state index in [1.165, 1.54) is 0 Å². The molecule has 0 aliphatic heterocycles. The smallest absolute Gasteiger partial charge is 1.00 e. The summed E-state index contributed by atoms with van der Waals surface area (Å²) in [6, 6.07) is 0. The van der Waals surface area contributed by atoms with Crippen molar-refractivity contribution in [2.75, 3.05) is 0 Å². The molecule has 0 heterocycles. The van der Waals surface area contributed by atoms with Crippen LogP contribution in [0.5, 0.6) is 0 Å². The van der Waals surface area contributed by atoms with Crippen molar-refractivity contribution >= 4 is 51.8 Å². The predicted octanol–water partition coefficient (Wildman–Crippen LogP) is -4.24. The second kappa shape index (κ2) is 12.4. The molecule has 3 N–H and O–H groups in total. The molecule has 0 saturated heterocycles. The number of hydrogen-bond donors (Lipinski definition) is 3. The SMILES string of the molecule is O=C(OBr)C(=O)OBr.OB(O)O.[H-].[Li+]. The minimum Gasteiger partial charge on any atom is -1.00 e. The molecule has 0 aliphatic carbocycles. The van der Waals surface area contributed by atoms with Gasteiger partial charge in [-0.05, 0) is 0 Å². The minimum absolute atomic E-state index is 0. The first-order valence-corrected chi connectivity index (χ1v) is 3.44. The topological polar surface area (TPSA) is 113 Å². The van der Waals surface area contributed by atoms with Gasteiger partial charge in [-0.1, -0.05) is 0 Å². The Kier molecular flexibility index (Phi) is 18.3. The Morgan fingerprint density at radius 3 is 1.31 bits per heavy atom. The zero-order valence-electron chi connectivity index (χ0n) is 7.31. The molecule has 72 valence electrons. The van der Waals surface area contributed by atoms with Gasteiger partial charge in [0, 0.05) is 0 Å². The molecule has 13 heavy (non-hydrogen) atoms. The first kappa shape index (κ1) is 19.1. The van der Waals surface area contributed by atoms with Gasteiger partial charge in [-0.3, -0.25) is 0 Å². The molecular weight excluding hydrogens is 314 g/mol. The zero-order chi connectivity index (χ0) is 10.1. The van der Waals surface area contributed by atoms with Gasteiger partial charge in [-0.2, -0.15) is 0 Å². The zero-order valence-corrected chi connectivity index (χ0v) is 9.48. The Morgan fingerprint density at radius 1 is 1.08 bits per heavy atom. The van der Waals surface area contributed by atoms with Crippen molar-refractivity contribution in [1.82, 2.24) is 0 Å². The van der Waals surface area contributed by atoms with Crippen LogP contribution in [0.15, 0.2) is 0 Å². The van der Waals surface area contributed by atoms with Crippen molar-refractivity contribution < 1.29 is 52.6 Å². The van der Waals surface area contributed by atoms with E-state index in [1.54, 1.807) is 0 Å². The van der Waals surface area contributed by atoms with Crippen LogP contribution >= 0.6 is 32.5 Å². The van der Waals surface area contributed by atoms with E-state index in [0.29, 0.717) is 0 Å². The Hall–Kier alpha value is 0.442. The molecule has 0 radical (unpaired) electrons. The van der Waals surface area contributed by atoms with E-state index in [9.17, 15) is 9.59 Å². The van der Waals surface area contributed by atoms with Gasteiger partial charge in [0.05, 0.1) is 0 Å². The van der Waals surface area contributed by atoms with E-state index in [1.807, 2.05) is 0 Å². The summed E-state index contributed by atoms with van der Waals surface area (Å²) in [5.41, 5.74) is 0. The van der Waals surface area contributed by atoms with Gasteiger partial charge in [0.15, 0.2) is 32.5 Å². The molecule has 7 nitrogen and oxygen atoms in total. The molecule has 0 fully saturated rings. The van der Waals surface area contributed by atoms with Crippen LogP contribution in [0.2, 0.25) is 0 Å². The first-order valence-electron chi connectivity index (χ1n) is 2.15. The van der Waals surface area contributed by atoms with Crippen LogP contribution in [0.25, 0.3) is 0 Å². The summed E-state index contributed by atoms with van der Waals surface area (Å²) < 4.78 is 7.54. The van der Waals surface area contributed by atoms with Crippen molar-refractivity contribution in [1.29, 1.82) is 0 Å².